The van der Waals surface area contributed by atoms with Gasteiger partial charge in [-0.3, -0.25) is 0 Å². The Morgan fingerprint density at radius 1 is 1.35 bits per heavy atom. The molecule has 5 nitrogen and oxygen atoms in total. The molecule has 1 aromatic rings. The van der Waals surface area contributed by atoms with Gasteiger partial charge in [0.15, 0.2) is 0 Å². The third-order valence-electron chi connectivity index (χ3n) is 2.83. The second-order valence-corrected chi connectivity index (χ2v) is 4.90. The molecular weight excluding hydrogens is 214 g/mol. The Balaban J connectivity index is 1.82. The molecule has 1 aromatic heterocycles. The van der Waals surface area contributed by atoms with E-state index < -0.39 is 0 Å². The van der Waals surface area contributed by atoms with Crippen LogP contribution in [0.15, 0.2) is 12.4 Å². The molecule has 17 heavy (non-hydrogen) atoms. The van der Waals surface area contributed by atoms with Crippen molar-refractivity contribution in [1.29, 1.82) is 0 Å². The number of hydrogen-bond acceptors (Lipinski definition) is 5. The SMILES string of the molecule is CC(C)CCNc1cc(NC2CNC2)ncn1. The Morgan fingerprint density at radius 3 is 2.76 bits per heavy atom. The first-order chi connectivity index (χ1) is 8.24. The molecule has 5 heteroatoms. The highest BCUT2D eigenvalue weighted by Crippen LogP contribution is 2.11. The topological polar surface area (TPSA) is 61.9 Å². The fourth-order valence-electron chi connectivity index (χ4n) is 1.62. The van der Waals surface area contributed by atoms with Crippen LogP contribution in [0.1, 0.15) is 20.3 Å². The van der Waals surface area contributed by atoms with Crippen molar-refractivity contribution < 1.29 is 0 Å². The summed E-state index contributed by atoms with van der Waals surface area (Å²) in [6.45, 7) is 7.43. The molecule has 0 bridgehead atoms. The molecule has 0 unspecified atom stereocenters. The molecule has 2 rings (SSSR count). The average molecular weight is 235 g/mol. The van der Waals surface area contributed by atoms with E-state index in [0.717, 1.165) is 37.7 Å². The molecule has 0 amide bonds. The van der Waals surface area contributed by atoms with Crippen LogP contribution in [-0.4, -0.2) is 35.6 Å². The third kappa shape index (κ3) is 3.85. The monoisotopic (exact) mass is 235 g/mol. The van der Waals surface area contributed by atoms with E-state index in [4.69, 9.17) is 0 Å². The maximum Gasteiger partial charge on any atom is 0.131 e. The molecule has 0 aromatic carbocycles. The highest BCUT2D eigenvalue weighted by Gasteiger charge is 2.16. The molecule has 0 aliphatic carbocycles. The summed E-state index contributed by atoms with van der Waals surface area (Å²) in [5.41, 5.74) is 0. The number of rotatable bonds is 6. The van der Waals surface area contributed by atoms with Gasteiger partial charge in [-0.2, -0.15) is 0 Å². The van der Waals surface area contributed by atoms with Crippen molar-refractivity contribution in [2.24, 2.45) is 5.92 Å². The average Bonchev–Trinajstić information content (AvgIpc) is 2.24. The lowest BCUT2D eigenvalue weighted by atomic mass is 10.1. The van der Waals surface area contributed by atoms with E-state index in [0.29, 0.717) is 12.0 Å². The van der Waals surface area contributed by atoms with Gasteiger partial charge in [-0.15, -0.1) is 0 Å². The second kappa shape index (κ2) is 5.82. The van der Waals surface area contributed by atoms with Crippen LogP contribution < -0.4 is 16.0 Å². The van der Waals surface area contributed by atoms with Gasteiger partial charge in [0.25, 0.3) is 0 Å². The zero-order valence-corrected chi connectivity index (χ0v) is 10.5. The molecule has 2 heterocycles. The van der Waals surface area contributed by atoms with Crippen LogP contribution in [0.5, 0.6) is 0 Å². The van der Waals surface area contributed by atoms with Crippen molar-refractivity contribution in [2.45, 2.75) is 26.3 Å². The van der Waals surface area contributed by atoms with E-state index in [2.05, 4.69) is 39.8 Å². The molecule has 3 N–H and O–H groups in total. The highest BCUT2D eigenvalue weighted by molar-refractivity contribution is 5.47. The maximum atomic E-state index is 4.21. The summed E-state index contributed by atoms with van der Waals surface area (Å²) >= 11 is 0. The van der Waals surface area contributed by atoms with Crippen molar-refractivity contribution in [3.8, 4) is 0 Å². The Bertz CT molecular complexity index is 349. The van der Waals surface area contributed by atoms with Gasteiger partial charge in [0.1, 0.15) is 18.0 Å². The van der Waals surface area contributed by atoms with Crippen molar-refractivity contribution in [3.63, 3.8) is 0 Å². The van der Waals surface area contributed by atoms with Crippen LogP contribution in [0, 0.1) is 5.92 Å². The third-order valence-corrected chi connectivity index (χ3v) is 2.83. The number of hydrogen-bond donors (Lipinski definition) is 3. The van der Waals surface area contributed by atoms with E-state index in [9.17, 15) is 0 Å². The predicted octanol–water partition coefficient (Wildman–Crippen LogP) is 1.32. The number of anilines is 2. The highest BCUT2D eigenvalue weighted by atomic mass is 15.1. The van der Waals surface area contributed by atoms with Crippen LogP contribution in [-0.2, 0) is 0 Å². The summed E-state index contributed by atoms with van der Waals surface area (Å²) in [4.78, 5) is 8.42. The first-order valence-electron chi connectivity index (χ1n) is 6.27. The van der Waals surface area contributed by atoms with Crippen LogP contribution >= 0.6 is 0 Å². The Kier molecular flexibility index (Phi) is 4.14. The van der Waals surface area contributed by atoms with Gasteiger partial charge < -0.3 is 16.0 Å². The minimum atomic E-state index is 0.508. The van der Waals surface area contributed by atoms with E-state index in [1.807, 2.05) is 6.07 Å². The van der Waals surface area contributed by atoms with Crippen LogP contribution in [0.2, 0.25) is 0 Å². The van der Waals surface area contributed by atoms with Crippen LogP contribution in [0.3, 0.4) is 0 Å². The second-order valence-electron chi connectivity index (χ2n) is 4.90. The molecule has 0 radical (unpaired) electrons. The quantitative estimate of drug-likeness (QED) is 0.694. The standard InChI is InChI=1S/C12H21N5/c1-9(2)3-4-14-11-5-12(16-8-15-11)17-10-6-13-7-10/h5,8-10,13H,3-4,6-7H2,1-2H3,(H2,14,15,16,17). The maximum absolute atomic E-state index is 4.21. The molecule has 1 saturated heterocycles. The molecule has 1 fully saturated rings. The van der Waals surface area contributed by atoms with E-state index >= 15 is 0 Å². The first-order valence-corrected chi connectivity index (χ1v) is 6.27. The number of aromatic nitrogens is 2. The van der Waals surface area contributed by atoms with Gasteiger partial charge >= 0.3 is 0 Å². The lowest BCUT2D eigenvalue weighted by Crippen LogP contribution is -2.51. The molecular formula is C12H21N5. The molecule has 1 aliphatic rings. The lowest BCUT2D eigenvalue weighted by Gasteiger charge is -2.28. The minimum Gasteiger partial charge on any atom is -0.370 e. The van der Waals surface area contributed by atoms with Gasteiger partial charge in [0.05, 0.1) is 6.04 Å². The van der Waals surface area contributed by atoms with Gasteiger partial charge in [-0.1, -0.05) is 13.8 Å². The van der Waals surface area contributed by atoms with E-state index in [1.165, 1.54) is 0 Å². The summed E-state index contributed by atoms with van der Waals surface area (Å²) < 4.78 is 0. The molecule has 94 valence electrons. The first kappa shape index (κ1) is 12.1. The van der Waals surface area contributed by atoms with Crippen LogP contribution in [0.25, 0.3) is 0 Å². The molecule has 0 spiro atoms. The number of nitrogens with zero attached hydrogens (tertiary/aromatic N) is 2. The summed E-state index contributed by atoms with van der Waals surface area (Å²) in [7, 11) is 0. The van der Waals surface area contributed by atoms with E-state index in [1.54, 1.807) is 6.33 Å². The zero-order chi connectivity index (χ0) is 12.1. The predicted molar refractivity (Wildman–Crippen MR) is 70.3 cm³/mol. The Hall–Kier alpha value is -1.36. The summed E-state index contributed by atoms with van der Waals surface area (Å²) in [5, 5.41) is 9.90. The Morgan fingerprint density at radius 2 is 2.12 bits per heavy atom. The minimum absolute atomic E-state index is 0.508. The van der Waals surface area contributed by atoms with Crippen molar-refractivity contribution >= 4 is 11.6 Å². The smallest absolute Gasteiger partial charge is 0.131 e. The molecule has 1 aliphatic heterocycles. The fraction of sp³-hybridized carbons (Fsp3) is 0.667. The summed E-state index contributed by atoms with van der Waals surface area (Å²) in [6, 6.07) is 2.48. The molecule has 0 atom stereocenters. The largest absolute Gasteiger partial charge is 0.370 e. The summed E-state index contributed by atoms with van der Waals surface area (Å²) in [5.74, 6) is 2.51. The van der Waals surface area contributed by atoms with E-state index in [-0.39, 0.29) is 0 Å². The van der Waals surface area contributed by atoms with Crippen LogP contribution in [0.4, 0.5) is 11.6 Å². The normalized spacial score (nSPS) is 15.7. The van der Waals surface area contributed by atoms with Gasteiger partial charge in [-0.05, 0) is 12.3 Å². The number of nitrogens with one attached hydrogen (secondary N) is 3. The van der Waals surface area contributed by atoms with Crippen molar-refractivity contribution in [1.82, 2.24) is 15.3 Å². The molecule has 0 saturated carbocycles. The lowest BCUT2D eigenvalue weighted by molar-refractivity contribution is 0.471. The fourth-order valence-corrected chi connectivity index (χ4v) is 1.62. The van der Waals surface area contributed by atoms with Crippen molar-refractivity contribution in [3.05, 3.63) is 12.4 Å². The zero-order valence-electron chi connectivity index (χ0n) is 10.5. The van der Waals surface area contributed by atoms with Gasteiger partial charge in [0.2, 0.25) is 0 Å². The van der Waals surface area contributed by atoms with Crippen molar-refractivity contribution in [2.75, 3.05) is 30.3 Å². The van der Waals surface area contributed by atoms with Gasteiger partial charge in [-0.25, -0.2) is 9.97 Å². The summed E-state index contributed by atoms with van der Waals surface area (Å²) in [6.07, 6.45) is 2.76. The van der Waals surface area contributed by atoms with Gasteiger partial charge in [0, 0.05) is 25.7 Å². The Labute approximate surface area is 102 Å².